The van der Waals surface area contributed by atoms with Crippen molar-refractivity contribution in [2.75, 3.05) is 6.54 Å². The van der Waals surface area contributed by atoms with E-state index in [0.29, 0.717) is 13.0 Å². The van der Waals surface area contributed by atoms with E-state index in [9.17, 15) is 14.4 Å². The molecular weight excluding hydrogens is 260 g/mol. The van der Waals surface area contributed by atoms with Gasteiger partial charge in [-0.3, -0.25) is 14.5 Å². The van der Waals surface area contributed by atoms with Crippen molar-refractivity contribution >= 4 is 17.9 Å². The zero-order valence-electron chi connectivity index (χ0n) is 10.8. The molecule has 3 amide bonds. The standard InChI is InChI=1S/C14H14N2O4/c17-12(18)5-6-15-13(19)11-7-9-3-1-2-4-10(9)8-16(11)14(15)20/h1-4,11H,5-8H2,(H,17,18)/t11-/m1/s1. The molecule has 0 aliphatic carbocycles. The summed E-state index contributed by atoms with van der Waals surface area (Å²) in [7, 11) is 0. The molecule has 0 radical (unpaired) electrons. The first-order chi connectivity index (χ1) is 9.58. The second-order valence-electron chi connectivity index (χ2n) is 5.03. The van der Waals surface area contributed by atoms with Crippen molar-refractivity contribution in [3.05, 3.63) is 35.4 Å². The fourth-order valence-corrected chi connectivity index (χ4v) is 2.79. The molecule has 2 aliphatic rings. The summed E-state index contributed by atoms with van der Waals surface area (Å²) >= 11 is 0. The predicted molar refractivity (Wildman–Crippen MR) is 68.8 cm³/mol. The van der Waals surface area contributed by atoms with Crippen LogP contribution in [0.1, 0.15) is 17.5 Å². The minimum Gasteiger partial charge on any atom is -0.481 e. The number of carbonyl (C=O) groups is 3. The number of benzene rings is 1. The van der Waals surface area contributed by atoms with Crippen molar-refractivity contribution in [1.29, 1.82) is 0 Å². The summed E-state index contributed by atoms with van der Waals surface area (Å²) in [6.07, 6.45) is 0.287. The number of hydrogen-bond donors (Lipinski definition) is 1. The molecule has 0 spiro atoms. The van der Waals surface area contributed by atoms with Crippen LogP contribution in [0.3, 0.4) is 0 Å². The Bertz CT molecular complexity index is 556. The van der Waals surface area contributed by atoms with Gasteiger partial charge in [0, 0.05) is 19.5 Å². The monoisotopic (exact) mass is 274 g/mol. The van der Waals surface area contributed by atoms with Crippen LogP contribution in [0.15, 0.2) is 24.3 Å². The Morgan fingerprint density at radius 2 is 1.95 bits per heavy atom. The fourth-order valence-electron chi connectivity index (χ4n) is 2.79. The molecular formula is C14H14N2O4. The molecule has 2 aliphatic heterocycles. The molecule has 1 atom stereocenters. The van der Waals surface area contributed by atoms with E-state index in [1.165, 1.54) is 4.90 Å². The quantitative estimate of drug-likeness (QED) is 0.829. The molecule has 104 valence electrons. The largest absolute Gasteiger partial charge is 0.481 e. The molecule has 3 rings (SSSR count). The highest BCUT2D eigenvalue weighted by Gasteiger charge is 2.46. The lowest BCUT2D eigenvalue weighted by atomic mass is 9.95. The summed E-state index contributed by atoms with van der Waals surface area (Å²) in [5, 5.41) is 8.68. The summed E-state index contributed by atoms with van der Waals surface area (Å²) in [6, 6.07) is 6.87. The highest BCUT2D eigenvalue weighted by molar-refractivity contribution is 6.04. The minimum atomic E-state index is -1.02. The average Bonchev–Trinajstić information content (AvgIpc) is 2.66. The highest BCUT2D eigenvalue weighted by Crippen LogP contribution is 2.29. The Kier molecular flexibility index (Phi) is 2.93. The van der Waals surface area contributed by atoms with Crippen molar-refractivity contribution in [2.24, 2.45) is 0 Å². The molecule has 20 heavy (non-hydrogen) atoms. The normalized spacial score (nSPS) is 20.9. The molecule has 1 aromatic rings. The van der Waals surface area contributed by atoms with E-state index in [2.05, 4.69) is 0 Å². The molecule has 1 saturated heterocycles. The summed E-state index contributed by atoms with van der Waals surface area (Å²) < 4.78 is 0. The first kappa shape index (κ1) is 12.7. The van der Waals surface area contributed by atoms with Crippen LogP contribution >= 0.6 is 0 Å². The van der Waals surface area contributed by atoms with Gasteiger partial charge in [-0.05, 0) is 11.1 Å². The van der Waals surface area contributed by atoms with Gasteiger partial charge >= 0.3 is 12.0 Å². The first-order valence-corrected chi connectivity index (χ1v) is 6.48. The minimum absolute atomic E-state index is 0.0592. The Balaban J connectivity index is 1.83. The number of urea groups is 1. The summed E-state index contributed by atoms with van der Waals surface area (Å²) in [6.45, 7) is 0.353. The van der Waals surface area contributed by atoms with Gasteiger partial charge in [0.15, 0.2) is 0 Å². The molecule has 0 bridgehead atoms. The number of fused-ring (bicyclic) bond motifs is 2. The number of carbonyl (C=O) groups excluding carboxylic acids is 2. The van der Waals surface area contributed by atoms with Crippen LogP contribution in [0.25, 0.3) is 0 Å². The van der Waals surface area contributed by atoms with Crippen molar-refractivity contribution < 1.29 is 19.5 Å². The van der Waals surface area contributed by atoms with Gasteiger partial charge in [-0.25, -0.2) is 4.79 Å². The van der Waals surface area contributed by atoms with Crippen LogP contribution in [0, 0.1) is 0 Å². The number of carboxylic acids is 1. The third-order valence-electron chi connectivity index (χ3n) is 3.83. The van der Waals surface area contributed by atoms with E-state index in [4.69, 9.17) is 5.11 Å². The number of amides is 3. The summed E-state index contributed by atoms with van der Waals surface area (Å²) in [5.41, 5.74) is 2.12. The lowest BCUT2D eigenvalue weighted by Gasteiger charge is -2.28. The SMILES string of the molecule is O=C(O)CCN1C(=O)[C@H]2Cc3ccccc3CN2C1=O. The van der Waals surface area contributed by atoms with E-state index in [0.717, 1.165) is 16.0 Å². The third kappa shape index (κ3) is 1.93. The van der Waals surface area contributed by atoms with Crippen molar-refractivity contribution in [3.63, 3.8) is 0 Å². The van der Waals surface area contributed by atoms with Crippen LogP contribution < -0.4 is 0 Å². The number of imide groups is 1. The van der Waals surface area contributed by atoms with Crippen LogP contribution in [0.2, 0.25) is 0 Å². The predicted octanol–water partition coefficient (Wildman–Crippen LogP) is 0.850. The van der Waals surface area contributed by atoms with Gasteiger partial charge < -0.3 is 10.0 Å². The molecule has 6 nitrogen and oxygen atoms in total. The van der Waals surface area contributed by atoms with Crippen molar-refractivity contribution in [3.8, 4) is 0 Å². The Morgan fingerprint density at radius 3 is 2.65 bits per heavy atom. The zero-order valence-corrected chi connectivity index (χ0v) is 10.8. The van der Waals surface area contributed by atoms with Gasteiger partial charge in [0.1, 0.15) is 6.04 Å². The number of nitrogens with zero attached hydrogens (tertiary/aromatic N) is 2. The van der Waals surface area contributed by atoms with Gasteiger partial charge in [0.2, 0.25) is 0 Å². The average molecular weight is 274 g/mol. The maximum absolute atomic E-state index is 12.2. The number of hydrogen-bond acceptors (Lipinski definition) is 3. The number of aliphatic carboxylic acids is 1. The lowest BCUT2D eigenvalue weighted by Crippen LogP contribution is -2.39. The van der Waals surface area contributed by atoms with Crippen molar-refractivity contribution in [2.45, 2.75) is 25.4 Å². The topological polar surface area (TPSA) is 77.9 Å². The molecule has 1 fully saturated rings. The van der Waals surface area contributed by atoms with Gasteiger partial charge in [-0.15, -0.1) is 0 Å². The Morgan fingerprint density at radius 1 is 1.25 bits per heavy atom. The van der Waals surface area contributed by atoms with E-state index in [-0.39, 0.29) is 24.9 Å². The molecule has 6 heteroatoms. The molecule has 2 heterocycles. The Labute approximate surface area is 115 Å². The summed E-state index contributed by atoms with van der Waals surface area (Å²) in [4.78, 5) is 37.6. The van der Waals surface area contributed by atoms with Gasteiger partial charge in [-0.2, -0.15) is 0 Å². The van der Waals surface area contributed by atoms with Gasteiger partial charge in [0.05, 0.1) is 6.42 Å². The molecule has 1 aromatic carbocycles. The maximum Gasteiger partial charge on any atom is 0.327 e. The number of carboxylic acid groups (broad SMARTS) is 1. The van der Waals surface area contributed by atoms with Crippen LogP contribution in [-0.4, -0.2) is 45.4 Å². The fraction of sp³-hybridized carbons (Fsp3) is 0.357. The van der Waals surface area contributed by atoms with E-state index < -0.39 is 12.0 Å². The van der Waals surface area contributed by atoms with Crippen molar-refractivity contribution in [1.82, 2.24) is 9.80 Å². The van der Waals surface area contributed by atoms with Crippen LogP contribution in [0.5, 0.6) is 0 Å². The third-order valence-corrected chi connectivity index (χ3v) is 3.83. The maximum atomic E-state index is 12.2. The molecule has 1 N–H and O–H groups in total. The smallest absolute Gasteiger partial charge is 0.327 e. The van der Waals surface area contributed by atoms with E-state index in [1.807, 2.05) is 24.3 Å². The number of rotatable bonds is 3. The molecule has 0 aromatic heterocycles. The summed E-state index contributed by atoms with van der Waals surface area (Å²) in [5.74, 6) is -1.30. The van der Waals surface area contributed by atoms with E-state index in [1.54, 1.807) is 0 Å². The van der Waals surface area contributed by atoms with Crippen LogP contribution in [-0.2, 0) is 22.6 Å². The highest BCUT2D eigenvalue weighted by atomic mass is 16.4. The zero-order chi connectivity index (χ0) is 14.3. The first-order valence-electron chi connectivity index (χ1n) is 6.48. The van der Waals surface area contributed by atoms with Gasteiger partial charge in [0.25, 0.3) is 5.91 Å². The van der Waals surface area contributed by atoms with Gasteiger partial charge in [-0.1, -0.05) is 24.3 Å². The second kappa shape index (κ2) is 4.63. The second-order valence-corrected chi connectivity index (χ2v) is 5.03. The molecule has 0 saturated carbocycles. The Hall–Kier alpha value is -2.37. The molecule has 0 unspecified atom stereocenters. The van der Waals surface area contributed by atoms with Crippen LogP contribution in [0.4, 0.5) is 4.79 Å². The lowest BCUT2D eigenvalue weighted by molar-refractivity contribution is -0.137. The van der Waals surface area contributed by atoms with E-state index >= 15 is 0 Å².